The van der Waals surface area contributed by atoms with Gasteiger partial charge in [-0.1, -0.05) is 11.6 Å². The highest BCUT2D eigenvalue weighted by Crippen LogP contribution is 2.21. The van der Waals surface area contributed by atoms with Gasteiger partial charge in [0.2, 0.25) is 0 Å². The van der Waals surface area contributed by atoms with Crippen molar-refractivity contribution in [3.05, 3.63) is 47.7 Å². The number of aromatic nitrogens is 1. The van der Waals surface area contributed by atoms with E-state index < -0.39 is 10.0 Å². The lowest BCUT2D eigenvalue weighted by Gasteiger charge is -2.28. The quantitative estimate of drug-likeness (QED) is 0.854. The second-order valence-electron chi connectivity index (χ2n) is 5.07. The maximum absolute atomic E-state index is 12.3. The van der Waals surface area contributed by atoms with Gasteiger partial charge in [-0.2, -0.15) is 0 Å². The van der Waals surface area contributed by atoms with E-state index in [1.165, 1.54) is 18.3 Å². The van der Waals surface area contributed by atoms with E-state index in [0.717, 1.165) is 18.8 Å². The Hall–Kier alpha value is -1.83. The molecule has 0 spiro atoms. The van der Waals surface area contributed by atoms with Crippen molar-refractivity contribution in [2.24, 2.45) is 0 Å². The third-order valence-electron chi connectivity index (χ3n) is 3.51. The first-order chi connectivity index (χ1) is 11.0. The average Bonchev–Trinajstić information content (AvgIpc) is 2.56. The summed E-state index contributed by atoms with van der Waals surface area (Å²) in [6.07, 6.45) is 1.23. The molecular formula is C15H16ClN3O3S. The molecule has 8 heteroatoms. The average molecular weight is 354 g/mol. The van der Waals surface area contributed by atoms with Crippen LogP contribution in [0.4, 0.5) is 11.4 Å². The van der Waals surface area contributed by atoms with Gasteiger partial charge in [-0.3, -0.25) is 4.72 Å². The Morgan fingerprint density at radius 1 is 1.09 bits per heavy atom. The first-order valence-corrected chi connectivity index (χ1v) is 8.98. The Kier molecular flexibility index (Phi) is 4.70. The van der Waals surface area contributed by atoms with E-state index in [9.17, 15) is 8.42 Å². The summed E-state index contributed by atoms with van der Waals surface area (Å²) in [7, 11) is -3.67. The Morgan fingerprint density at radius 2 is 1.78 bits per heavy atom. The molecule has 3 rings (SSSR count). The van der Waals surface area contributed by atoms with Gasteiger partial charge >= 0.3 is 0 Å². The molecule has 6 nitrogen and oxygen atoms in total. The first-order valence-electron chi connectivity index (χ1n) is 7.12. The molecule has 0 aliphatic carbocycles. The van der Waals surface area contributed by atoms with Crippen LogP contribution < -0.4 is 9.62 Å². The van der Waals surface area contributed by atoms with Crippen LogP contribution in [0.2, 0.25) is 5.15 Å². The molecule has 1 saturated heterocycles. The van der Waals surface area contributed by atoms with Crippen molar-refractivity contribution in [1.29, 1.82) is 0 Å². The fourth-order valence-electron chi connectivity index (χ4n) is 2.30. The lowest BCUT2D eigenvalue weighted by Crippen LogP contribution is -2.36. The van der Waals surface area contributed by atoms with Crippen LogP contribution in [0.1, 0.15) is 0 Å². The number of hydrogen-bond donors (Lipinski definition) is 1. The number of hydrogen-bond acceptors (Lipinski definition) is 5. The molecule has 2 heterocycles. The molecule has 23 heavy (non-hydrogen) atoms. The zero-order chi connectivity index (χ0) is 16.3. The molecule has 0 amide bonds. The van der Waals surface area contributed by atoms with Crippen LogP contribution in [0.25, 0.3) is 0 Å². The third kappa shape index (κ3) is 3.93. The summed E-state index contributed by atoms with van der Waals surface area (Å²) in [4.78, 5) is 6.06. The van der Waals surface area contributed by atoms with Crippen molar-refractivity contribution >= 4 is 33.0 Å². The highest BCUT2D eigenvalue weighted by Gasteiger charge is 2.15. The second-order valence-corrected chi connectivity index (χ2v) is 7.14. The van der Waals surface area contributed by atoms with Crippen molar-refractivity contribution in [1.82, 2.24) is 4.98 Å². The highest BCUT2D eigenvalue weighted by atomic mass is 35.5. The molecule has 2 aromatic rings. The molecule has 1 fully saturated rings. The standard InChI is InChI=1S/C15H16ClN3O3S/c16-15-6-5-14(11-17-15)23(20,21)18-12-1-3-13(4-2-12)19-7-9-22-10-8-19/h1-6,11,18H,7-10H2. The number of benzene rings is 1. The zero-order valence-corrected chi connectivity index (χ0v) is 13.8. The summed E-state index contributed by atoms with van der Waals surface area (Å²) in [6, 6.07) is 10.1. The van der Waals surface area contributed by atoms with E-state index in [1.807, 2.05) is 12.1 Å². The summed E-state index contributed by atoms with van der Waals surface area (Å²) in [5.41, 5.74) is 1.54. The summed E-state index contributed by atoms with van der Waals surface area (Å²) < 4.78 is 32.4. The minimum Gasteiger partial charge on any atom is -0.378 e. The number of nitrogens with one attached hydrogen (secondary N) is 1. The Bertz CT molecular complexity index is 758. The number of rotatable bonds is 4. The normalized spacial score (nSPS) is 15.4. The minimum atomic E-state index is -3.67. The van der Waals surface area contributed by atoms with Gasteiger partial charge < -0.3 is 9.64 Å². The zero-order valence-electron chi connectivity index (χ0n) is 12.3. The summed E-state index contributed by atoms with van der Waals surface area (Å²) in [6.45, 7) is 3.08. The molecule has 1 N–H and O–H groups in total. The lowest BCUT2D eigenvalue weighted by atomic mass is 10.2. The van der Waals surface area contributed by atoms with E-state index >= 15 is 0 Å². The third-order valence-corrected chi connectivity index (χ3v) is 5.10. The molecule has 1 aliphatic heterocycles. The fourth-order valence-corrected chi connectivity index (χ4v) is 3.41. The molecule has 0 saturated carbocycles. The van der Waals surface area contributed by atoms with Crippen LogP contribution in [0.3, 0.4) is 0 Å². The van der Waals surface area contributed by atoms with Gasteiger partial charge in [0, 0.05) is 30.7 Å². The summed E-state index contributed by atoms with van der Waals surface area (Å²) in [5, 5.41) is 0.249. The molecule has 0 bridgehead atoms. The Morgan fingerprint density at radius 3 is 2.39 bits per heavy atom. The van der Waals surface area contributed by atoms with Gasteiger partial charge in [-0.05, 0) is 36.4 Å². The molecular weight excluding hydrogens is 338 g/mol. The van der Waals surface area contributed by atoms with Gasteiger partial charge in [0.05, 0.1) is 13.2 Å². The van der Waals surface area contributed by atoms with E-state index in [1.54, 1.807) is 12.1 Å². The van der Waals surface area contributed by atoms with Crippen molar-refractivity contribution in [2.45, 2.75) is 4.90 Å². The lowest BCUT2D eigenvalue weighted by molar-refractivity contribution is 0.122. The fraction of sp³-hybridized carbons (Fsp3) is 0.267. The number of morpholine rings is 1. The molecule has 0 unspecified atom stereocenters. The highest BCUT2D eigenvalue weighted by molar-refractivity contribution is 7.92. The maximum atomic E-state index is 12.3. The SMILES string of the molecule is O=S(=O)(Nc1ccc(N2CCOCC2)cc1)c1ccc(Cl)nc1. The molecule has 0 atom stereocenters. The van der Waals surface area contributed by atoms with Crippen LogP contribution in [-0.2, 0) is 14.8 Å². The number of ether oxygens (including phenoxy) is 1. The van der Waals surface area contributed by atoms with Gasteiger partial charge in [0.1, 0.15) is 10.0 Å². The number of halogens is 1. The van der Waals surface area contributed by atoms with E-state index in [4.69, 9.17) is 16.3 Å². The first kappa shape index (κ1) is 16.0. The minimum absolute atomic E-state index is 0.0687. The summed E-state index contributed by atoms with van der Waals surface area (Å²) in [5.74, 6) is 0. The topological polar surface area (TPSA) is 71.5 Å². The number of nitrogens with zero attached hydrogens (tertiary/aromatic N) is 2. The second kappa shape index (κ2) is 6.74. The predicted octanol–water partition coefficient (Wildman–Crippen LogP) is 2.37. The summed E-state index contributed by atoms with van der Waals surface area (Å²) >= 11 is 5.67. The number of anilines is 2. The smallest absolute Gasteiger partial charge is 0.263 e. The molecule has 0 radical (unpaired) electrons. The van der Waals surface area contributed by atoms with Gasteiger partial charge in [0.15, 0.2) is 0 Å². The monoisotopic (exact) mass is 353 g/mol. The van der Waals surface area contributed by atoms with Crippen LogP contribution in [-0.4, -0.2) is 39.7 Å². The van der Waals surface area contributed by atoms with Crippen molar-refractivity contribution in [3.63, 3.8) is 0 Å². The molecule has 1 aromatic heterocycles. The van der Waals surface area contributed by atoms with E-state index in [-0.39, 0.29) is 10.0 Å². The largest absolute Gasteiger partial charge is 0.378 e. The van der Waals surface area contributed by atoms with Crippen LogP contribution >= 0.6 is 11.6 Å². The van der Waals surface area contributed by atoms with E-state index in [2.05, 4.69) is 14.6 Å². The van der Waals surface area contributed by atoms with Crippen molar-refractivity contribution in [3.8, 4) is 0 Å². The van der Waals surface area contributed by atoms with E-state index in [0.29, 0.717) is 18.9 Å². The molecule has 1 aliphatic rings. The Balaban J connectivity index is 1.73. The van der Waals surface area contributed by atoms with Gasteiger partial charge in [-0.25, -0.2) is 13.4 Å². The van der Waals surface area contributed by atoms with Crippen molar-refractivity contribution in [2.75, 3.05) is 35.9 Å². The number of pyridine rings is 1. The van der Waals surface area contributed by atoms with Gasteiger partial charge in [-0.15, -0.1) is 0 Å². The van der Waals surface area contributed by atoms with Crippen molar-refractivity contribution < 1.29 is 13.2 Å². The molecule has 122 valence electrons. The van der Waals surface area contributed by atoms with Crippen LogP contribution in [0.5, 0.6) is 0 Å². The van der Waals surface area contributed by atoms with Crippen LogP contribution in [0.15, 0.2) is 47.5 Å². The Labute approximate surface area is 140 Å². The maximum Gasteiger partial charge on any atom is 0.263 e. The van der Waals surface area contributed by atoms with Crippen LogP contribution in [0, 0.1) is 0 Å². The van der Waals surface area contributed by atoms with Gasteiger partial charge in [0.25, 0.3) is 10.0 Å². The predicted molar refractivity (Wildman–Crippen MR) is 89.5 cm³/mol. The number of sulfonamides is 1. The molecule has 1 aromatic carbocycles.